The van der Waals surface area contributed by atoms with Gasteiger partial charge < -0.3 is 10.6 Å². The monoisotopic (exact) mass is 332 g/mol. The van der Waals surface area contributed by atoms with Crippen molar-refractivity contribution in [3.63, 3.8) is 0 Å². The zero-order valence-corrected chi connectivity index (χ0v) is 14.2. The number of hydrogen-bond acceptors (Lipinski definition) is 1. The number of halogens is 1. The lowest BCUT2D eigenvalue weighted by Crippen LogP contribution is -2.52. The van der Waals surface area contributed by atoms with Gasteiger partial charge in [-0.25, -0.2) is 4.79 Å². The van der Waals surface area contributed by atoms with E-state index < -0.39 is 0 Å². The largest absolute Gasteiger partial charge is 0.338 e. The van der Waals surface area contributed by atoms with E-state index in [0.717, 1.165) is 34.9 Å². The van der Waals surface area contributed by atoms with Gasteiger partial charge >= 0.3 is 6.03 Å². The fraction of sp³-hybridized carbons (Fsp3) is 0.632. The molecule has 0 radical (unpaired) electrons. The highest BCUT2D eigenvalue weighted by molar-refractivity contribution is 6.30. The van der Waals surface area contributed by atoms with Gasteiger partial charge in [-0.3, -0.25) is 0 Å². The molecular weight excluding hydrogens is 308 g/mol. The summed E-state index contributed by atoms with van der Waals surface area (Å²) in [5, 5.41) is 6.83. The Bertz CT molecular complexity index is 548. The molecule has 3 nitrogen and oxygen atoms in total. The Morgan fingerprint density at radius 1 is 1.00 bits per heavy atom. The lowest BCUT2D eigenvalue weighted by atomic mass is 9.49. The molecule has 23 heavy (non-hydrogen) atoms. The second-order valence-electron chi connectivity index (χ2n) is 8.08. The van der Waals surface area contributed by atoms with Gasteiger partial charge in [0.2, 0.25) is 0 Å². The number of amides is 2. The summed E-state index contributed by atoms with van der Waals surface area (Å²) in [5.74, 6) is 2.79. The van der Waals surface area contributed by atoms with Crippen molar-refractivity contribution in [1.82, 2.24) is 10.6 Å². The highest BCUT2D eigenvalue weighted by atomic mass is 35.5. The Morgan fingerprint density at radius 2 is 1.57 bits per heavy atom. The summed E-state index contributed by atoms with van der Waals surface area (Å²) in [6.45, 7) is 1.40. The van der Waals surface area contributed by atoms with Gasteiger partial charge in [0, 0.05) is 18.1 Å². The summed E-state index contributed by atoms with van der Waals surface area (Å²) in [4.78, 5) is 12.1. The summed E-state index contributed by atoms with van der Waals surface area (Å²) >= 11 is 5.87. The number of rotatable bonds is 4. The smallest absolute Gasteiger partial charge is 0.315 e. The molecule has 1 aromatic carbocycles. The van der Waals surface area contributed by atoms with Crippen molar-refractivity contribution in [2.75, 3.05) is 6.54 Å². The number of carbonyl (C=O) groups is 1. The molecule has 4 heteroatoms. The molecule has 4 fully saturated rings. The molecule has 5 rings (SSSR count). The van der Waals surface area contributed by atoms with Gasteiger partial charge in [0.25, 0.3) is 0 Å². The number of urea groups is 1. The topological polar surface area (TPSA) is 41.1 Å². The first-order chi connectivity index (χ1) is 11.1. The molecule has 4 saturated carbocycles. The van der Waals surface area contributed by atoms with Crippen molar-refractivity contribution in [3.8, 4) is 0 Å². The lowest BCUT2D eigenvalue weighted by Gasteiger charge is -2.56. The van der Waals surface area contributed by atoms with Gasteiger partial charge in [-0.2, -0.15) is 0 Å². The third kappa shape index (κ3) is 3.35. The van der Waals surface area contributed by atoms with Crippen LogP contribution in [0.3, 0.4) is 0 Å². The molecule has 0 heterocycles. The fourth-order valence-electron chi connectivity index (χ4n) is 5.62. The van der Waals surface area contributed by atoms with Crippen molar-refractivity contribution in [2.24, 2.45) is 23.2 Å². The summed E-state index contributed by atoms with van der Waals surface area (Å²) in [6, 6.07) is 7.55. The summed E-state index contributed by atoms with van der Waals surface area (Å²) < 4.78 is 0. The summed E-state index contributed by atoms with van der Waals surface area (Å²) in [5.41, 5.74) is 1.46. The minimum Gasteiger partial charge on any atom is -0.338 e. The maximum Gasteiger partial charge on any atom is 0.315 e. The molecule has 0 aliphatic heterocycles. The Kier molecular flexibility index (Phi) is 4.00. The Labute approximate surface area is 143 Å². The number of nitrogens with one attached hydrogen (secondary N) is 2. The van der Waals surface area contributed by atoms with E-state index in [2.05, 4.69) is 10.6 Å². The first-order valence-electron chi connectivity index (χ1n) is 8.86. The third-order valence-corrected chi connectivity index (χ3v) is 6.41. The number of carbonyl (C=O) groups excluding carboxylic acids is 1. The van der Waals surface area contributed by atoms with Gasteiger partial charge in [0.05, 0.1) is 0 Å². The van der Waals surface area contributed by atoms with E-state index in [1.807, 2.05) is 24.3 Å². The summed E-state index contributed by atoms with van der Waals surface area (Å²) in [6.07, 6.45) is 8.33. The van der Waals surface area contributed by atoms with Crippen molar-refractivity contribution in [2.45, 2.75) is 45.1 Å². The van der Waals surface area contributed by atoms with Gasteiger partial charge in [0.1, 0.15) is 0 Å². The van der Waals surface area contributed by atoms with Crippen LogP contribution in [0, 0.1) is 23.2 Å². The molecule has 4 bridgehead atoms. The van der Waals surface area contributed by atoms with E-state index in [-0.39, 0.29) is 6.03 Å². The molecule has 0 atom stereocenters. The molecular formula is C19H25ClN2O. The first-order valence-corrected chi connectivity index (χ1v) is 9.24. The van der Waals surface area contributed by atoms with E-state index in [9.17, 15) is 4.79 Å². The van der Waals surface area contributed by atoms with Crippen LogP contribution >= 0.6 is 11.6 Å². The average Bonchev–Trinajstić information content (AvgIpc) is 2.51. The van der Waals surface area contributed by atoms with Crippen LogP contribution < -0.4 is 10.6 Å². The van der Waals surface area contributed by atoms with E-state index >= 15 is 0 Å². The Balaban J connectivity index is 1.27. The molecule has 124 valence electrons. The zero-order chi connectivity index (χ0) is 15.9. The molecule has 4 aliphatic carbocycles. The van der Waals surface area contributed by atoms with E-state index in [1.54, 1.807) is 0 Å². The molecule has 0 spiro atoms. The highest BCUT2D eigenvalue weighted by Crippen LogP contribution is 2.59. The molecule has 2 amide bonds. The lowest BCUT2D eigenvalue weighted by molar-refractivity contribution is -0.0498. The van der Waals surface area contributed by atoms with E-state index in [1.165, 1.54) is 38.5 Å². The van der Waals surface area contributed by atoms with Crippen LogP contribution in [0.15, 0.2) is 24.3 Å². The maximum absolute atomic E-state index is 12.1. The molecule has 0 saturated heterocycles. The van der Waals surface area contributed by atoms with Crippen molar-refractivity contribution in [3.05, 3.63) is 34.9 Å². The van der Waals surface area contributed by atoms with Crippen LogP contribution in [-0.4, -0.2) is 12.6 Å². The molecule has 0 aromatic heterocycles. The van der Waals surface area contributed by atoms with Crippen LogP contribution in [0.1, 0.15) is 44.1 Å². The van der Waals surface area contributed by atoms with Gasteiger partial charge in [-0.15, -0.1) is 0 Å². The predicted molar refractivity (Wildman–Crippen MR) is 92.3 cm³/mol. The van der Waals surface area contributed by atoms with Crippen LogP contribution in [0.25, 0.3) is 0 Å². The van der Waals surface area contributed by atoms with Crippen LogP contribution in [-0.2, 0) is 6.54 Å². The van der Waals surface area contributed by atoms with E-state index in [0.29, 0.717) is 12.0 Å². The summed E-state index contributed by atoms with van der Waals surface area (Å²) in [7, 11) is 0. The molecule has 2 N–H and O–H groups in total. The van der Waals surface area contributed by atoms with E-state index in [4.69, 9.17) is 11.6 Å². The standard InChI is InChI=1S/C19H25ClN2O/c20-17-3-1-13(2-4-17)11-21-18(23)22-12-19-8-14-5-15(9-19)7-16(6-14)10-19/h1-4,14-16H,5-12H2,(H2,21,22,23). The average molecular weight is 333 g/mol. The molecule has 4 aliphatic rings. The number of benzene rings is 1. The van der Waals surface area contributed by atoms with Crippen molar-refractivity contribution in [1.29, 1.82) is 0 Å². The van der Waals surface area contributed by atoms with Gasteiger partial charge in [-0.1, -0.05) is 23.7 Å². The quantitative estimate of drug-likeness (QED) is 0.845. The van der Waals surface area contributed by atoms with Crippen molar-refractivity contribution >= 4 is 17.6 Å². The second kappa shape index (κ2) is 6.01. The Morgan fingerprint density at radius 3 is 2.13 bits per heavy atom. The SMILES string of the molecule is O=C(NCc1ccc(Cl)cc1)NCC12CC3CC(CC(C3)C1)C2. The highest BCUT2D eigenvalue weighted by Gasteiger charge is 2.50. The second-order valence-corrected chi connectivity index (χ2v) is 8.52. The van der Waals surface area contributed by atoms with Gasteiger partial charge in [-0.05, 0) is 79.4 Å². The first kappa shape index (κ1) is 15.3. The predicted octanol–water partition coefficient (Wildman–Crippen LogP) is 4.36. The van der Waals surface area contributed by atoms with Crippen LogP contribution in [0.4, 0.5) is 4.79 Å². The maximum atomic E-state index is 12.1. The normalized spacial score (nSPS) is 34.4. The minimum absolute atomic E-state index is 0.0457. The van der Waals surface area contributed by atoms with Crippen LogP contribution in [0.5, 0.6) is 0 Å². The molecule has 0 unspecified atom stereocenters. The van der Waals surface area contributed by atoms with Crippen LogP contribution in [0.2, 0.25) is 5.02 Å². The Hall–Kier alpha value is -1.22. The van der Waals surface area contributed by atoms with Gasteiger partial charge in [0.15, 0.2) is 0 Å². The fourth-order valence-corrected chi connectivity index (χ4v) is 5.75. The molecule has 1 aromatic rings. The zero-order valence-electron chi connectivity index (χ0n) is 13.5. The van der Waals surface area contributed by atoms with Crippen molar-refractivity contribution < 1.29 is 4.79 Å². The number of hydrogen-bond donors (Lipinski definition) is 2. The third-order valence-electron chi connectivity index (χ3n) is 6.16. The minimum atomic E-state index is -0.0457.